The molecular formula is C17H33ClO2. The Labute approximate surface area is 130 Å². The summed E-state index contributed by atoms with van der Waals surface area (Å²) in [5.41, 5.74) is 0. The monoisotopic (exact) mass is 304 g/mol. The first kappa shape index (κ1) is 19.8. The van der Waals surface area contributed by atoms with E-state index in [1.54, 1.807) is 0 Å². The highest BCUT2D eigenvalue weighted by Crippen LogP contribution is 2.10. The third kappa shape index (κ3) is 15.8. The number of rotatable bonds is 15. The van der Waals surface area contributed by atoms with Gasteiger partial charge in [0.2, 0.25) is 0 Å². The maximum Gasteiger partial charge on any atom is 0.305 e. The van der Waals surface area contributed by atoms with Crippen LogP contribution in [0.25, 0.3) is 0 Å². The summed E-state index contributed by atoms with van der Waals surface area (Å²) in [6.45, 7) is 2.85. The summed E-state index contributed by atoms with van der Waals surface area (Å²) < 4.78 is 5.18. The van der Waals surface area contributed by atoms with Crippen LogP contribution in [0.5, 0.6) is 0 Å². The summed E-state index contributed by atoms with van der Waals surface area (Å²) in [7, 11) is 0. The number of carbonyl (C=O) groups excluding carboxylic acids is 1. The third-order valence-corrected chi connectivity index (χ3v) is 3.79. The van der Waals surface area contributed by atoms with E-state index in [1.165, 1.54) is 57.8 Å². The molecule has 0 atom stereocenters. The summed E-state index contributed by atoms with van der Waals surface area (Å²) in [6, 6.07) is 0. The second kappa shape index (κ2) is 16.8. The van der Waals surface area contributed by atoms with Crippen molar-refractivity contribution in [1.82, 2.24) is 0 Å². The molecule has 0 bridgehead atoms. The van der Waals surface area contributed by atoms with Gasteiger partial charge in [0.15, 0.2) is 0 Å². The molecule has 0 radical (unpaired) electrons. The Kier molecular flexibility index (Phi) is 16.6. The first-order valence-corrected chi connectivity index (χ1v) is 9.06. The minimum atomic E-state index is -0.0639. The number of alkyl halides is 1. The van der Waals surface area contributed by atoms with Crippen LogP contribution in [-0.2, 0) is 9.53 Å². The summed E-state index contributed by atoms with van der Waals surface area (Å²) in [6.07, 6.45) is 15.3. The minimum absolute atomic E-state index is 0.0639. The van der Waals surface area contributed by atoms with E-state index in [1.807, 2.05) is 0 Å². The van der Waals surface area contributed by atoms with Gasteiger partial charge in [-0.15, -0.1) is 11.6 Å². The van der Waals surface area contributed by atoms with Crippen molar-refractivity contribution in [3.63, 3.8) is 0 Å². The smallest absolute Gasteiger partial charge is 0.305 e. The van der Waals surface area contributed by atoms with Crippen LogP contribution in [0.3, 0.4) is 0 Å². The fourth-order valence-corrected chi connectivity index (χ4v) is 2.40. The fraction of sp³-hybridized carbons (Fsp3) is 0.941. The maximum atomic E-state index is 11.3. The summed E-state index contributed by atoms with van der Waals surface area (Å²) >= 11 is 5.56. The molecule has 0 aromatic carbocycles. The van der Waals surface area contributed by atoms with E-state index in [0.29, 0.717) is 18.9 Å². The summed E-state index contributed by atoms with van der Waals surface area (Å²) in [5.74, 6) is 0.567. The lowest BCUT2D eigenvalue weighted by Gasteiger charge is -2.05. The van der Waals surface area contributed by atoms with Crippen LogP contribution in [0, 0.1) is 0 Å². The molecule has 2 nitrogen and oxygen atoms in total. The number of hydrogen-bond acceptors (Lipinski definition) is 2. The Hall–Kier alpha value is -0.240. The topological polar surface area (TPSA) is 26.3 Å². The second-order valence-corrected chi connectivity index (χ2v) is 5.93. The molecule has 0 unspecified atom stereocenters. The van der Waals surface area contributed by atoms with Gasteiger partial charge in [-0.3, -0.25) is 4.79 Å². The van der Waals surface area contributed by atoms with Gasteiger partial charge in [0, 0.05) is 12.3 Å². The van der Waals surface area contributed by atoms with Gasteiger partial charge < -0.3 is 4.74 Å². The number of esters is 1. The van der Waals surface area contributed by atoms with Crippen LogP contribution in [0.2, 0.25) is 0 Å². The van der Waals surface area contributed by atoms with E-state index in [9.17, 15) is 4.79 Å². The highest BCUT2D eigenvalue weighted by Gasteiger charge is 2.01. The number of ether oxygens (including phenoxy) is 1. The van der Waals surface area contributed by atoms with E-state index in [2.05, 4.69) is 6.92 Å². The molecule has 0 saturated carbocycles. The Morgan fingerprint density at radius 2 is 1.35 bits per heavy atom. The van der Waals surface area contributed by atoms with E-state index in [0.717, 1.165) is 19.3 Å². The van der Waals surface area contributed by atoms with Crippen molar-refractivity contribution in [1.29, 1.82) is 0 Å². The van der Waals surface area contributed by atoms with Gasteiger partial charge in [0.25, 0.3) is 0 Å². The molecule has 0 aliphatic carbocycles. The van der Waals surface area contributed by atoms with E-state index in [-0.39, 0.29) is 5.97 Å². The van der Waals surface area contributed by atoms with Crippen molar-refractivity contribution < 1.29 is 9.53 Å². The minimum Gasteiger partial charge on any atom is -0.466 e. The second-order valence-electron chi connectivity index (χ2n) is 5.55. The van der Waals surface area contributed by atoms with Crippen LogP contribution in [0.4, 0.5) is 0 Å². The Morgan fingerprint density at radius 3 is 1.90 bits per heavy atom. The van der Waals surface area contributed by atoms with Crippen LogP contribution in [0.15, 0.2) is 0 Å². The van der Waals surface area contributed by atoms with Gasteiger partial charge >= 0.3 is 5.97 Å². The van der Waals surface area contributed by atoms with Crippen molar-refractivity contribution in [2.75, 3.05) is 12.5 Å². The average Bonchev–Trinajstić information content (AvgIpc) is 2.45. The highest BCUT2D eigenvalue weighted by molar-refractivity contribution is 6.17. The van der Waals surface area contributed by atoms with Gasteiger partial charge in [-0.1, -0.05) is 64.7 Å². The first-order valence-electron chi connectivity index (χ1n) is 8.52. The van der Waals surface area contributed by atoms with Crippen molar-refractivity contribution in [3.8, 4) is 0 Å². The predicted octanol–water partition coefficient (Wildman–Crippen LogP) is 5.86. The average molecular weight is 305 g/mol. The number of carbonyl (C=O) groups is 1. The van der Waals surface area contributed by atoms with Crippen LogP contribution in [0.1, 0.15) is 90.4 Å². The molecule has 0 rings (SSSR count). The largest absolute Gasteiger partial charge is 0.466 e. The van der Waals surface area contributed by atoms with Crippen molar-refractivity contribution in [2.24, 2.45) is 0 Å². The molecule has 0 heterocycles. The molecule has 0 fully saturated rings. The fourth-order valence-electron chi connectivity index (χ4n) is 2.21. The zero-order valence-electron chi connectivity index (χ0n) is 13.3. The quantitative estimate of drug-likeness (QED) is 0.215. The Morgan fingerprint density at radius 1 is 0.800 bits per heavy atom. The molecular weight excluding hydrogens is 272 g/mol. The van der Waals surface area contributed by atoms with Gasteiger partial charge in [0.1, 0.15) is 0 Å². The van der Waals surface area contributed by atoms with Gasteiger partial charge in [-0.2, -0.15) is 0 Å². The van der Waals surface area contributed by atoms with Crippen LogP contribution in [-0.4, -0.2) is 18.5 Å². The molecule has 0 aliphatic rings. The van der Waals surface area contributed by atoms with Gasteiger partial charge in [0.05, 0.1) is 6.61 Å². The molecule has 0 aromatic heterocycles. The van der Waals surface area contributed by atoms with Gasteiger partial charge in [-0.25, -0.2) is 0 Å². The third-order valence-electron chi connectivity index (χ3n) is 3.53. The van der Waals surface area contributed by atoms with Crippen molar-refractivity contribution in [2.45, 2.75) is 90.4 Å². The predicted molar refractivity (Wildman–Crippen MR) is 87.4 cm³/mol. The number of hydrogen-bond donors (Lipinski definition) is 0. The normalized spacial score (nSPS) is 10.7. The van der Waals surface area contributed by atoms with E-state index >= 15 is 0 Å². The van der Waals surface area contributed by atoms with Crippen molar-refractivity contribution >= 4 is 17.6 Å². The zero-order chi connectivity index (χ0) is 14.9. The number of unbranched alkanes of at least 4 members (excludes halogenated alkanes) is 10. The molecule has 0 amide bonds. The summed E-state index contributed by atoms with van der Waals surface area (Å²) in [5, 5.41) is 0. The lowest BCUT2D eigenvalue weighted by Crippen LogP contribution is -2.05. The molecule has 0 aliphatic heterocycles. The number of halogens is 1. The molecule has 0 spiro atoms. The molecule has 0 aromatic rings. The SMILES string of the molecule is CCCCCCCCCCCCOC(=O)CCCCCl. The maximum absolute atomic E-state index is 11.3. The Bertz CT molecular complexity index is 207. The lowest BCUT2D eigenvalue weighted by molar-refractivity contribution is -0.143. The lowest BCUT2D eigenvalue weighted by atomic mass is 10.1. The Balaban J connectivity index is 3.07. The van der Waals surface area contributed by atoms with E-state index in [4.69, 9.17) is 16.3 Å². The highest BCUT2D eigenvalue weighted by atomic mass is 35.5. The molecule has 120 valence electrons. The van der Waals surface area contributed by atoms with Crippen LogP contribution >= 0.6 is 11.6 Å². The van der Waals surface area contributed by atoms with E-state index < -0.39 is 0 Å². The summed E-state index contributed by atoms with van der Waals surface area (Å²) in [4.78, 5) is 11.3. The molecule has 0 N–H and O–H groups in total. The zero-order valence-corrected chi connectivity index (χ0v) is 14.1. The van der Waals surface area contributed by atoms with Crippen LogP contribution < -0.4 is 0 Å². The first-order chi connectivity index (χ1) is 9.81. The van der Waals surface area contributed by atoms with Crippen molar-refractivity contribution in [3.05, 3.63) is 0 Å². The molecule has 0 saturated heterocycles. The van der Waals surface area contributed by atoms with Gasteiger partial charge in [-0.05, 0) is 19.3 Å². The molecule has 3 heteroatoms. The standard InChI is InChI=1S/C17H33ClO2/c1-2-3-4-5-6-7-8-9-10-13-16-20-17(19)14-11-12-15-18/h2-16H2,1H3. The molecule has 20 heavy (non-hydrogen) atoms.